The zero-order valence-corrected chi connectivity index (χ0v) is 14.1. The molecule has 0 aromatic heterocycles. The van der Waals surface area contributed by atoms with Crippen molar-refractivity contribution in [3.63, 3.8) is 0 Å². The van der Waals surface area contributed by atoms with Crippen LogP contribution in [0.1, 0.15) is 5.56 Å². The molecule has 1 aliphatic rings. The summed E-state index contributed by atoms with van der Waals surface area (Å²) < 4.78 is 10.9. The van der Waals surface area contributed by atoms with Crippen molar-refractivity contribution in [2.45, 2.75) is 0 Å². The number of nitrogens with zero attached hydrogens (tertiary/aromatic N) is 2. The summed E-state index contributed by atoms with van der Waals surface area (Å²) in [6.07, 6.45) is 3.02. The Morgan fingerprint density at radius 2 is 1.91 bits per heavy atom. The molecule has 0 fully saturated rings. The predicted molar refractivity (Wildman–Crippen MR) is 87.8 cm³/mol. The van der Waals surface area contributed by atoms with Crippen LogP contribution in [0.4, 0.5) is 0 Å². The zero-order chi connectivity index (χ0) is 17.0. The summed E-state index contributed by atoms with van der Waals surface area (Å²) >= 11 is 6.14. The van der Waals surface area contributed by atoms with E-state index in [1.165, 1.54) is 15.9 Å². The second-order valence-corrected chi connectivity index (χ2v) is 5.75. The van der Waals surface area contributed by atoms with E-state index >= 15 is 0 Å². The molecule has 0 bridgehead atoms. The van der Waals surface area contributed by atoms with Gasteiger partial charge in [-0.3, -0.25) is 9.59 Å². The summed E-state index contributed by atoms with van der Waals surface area (Å²) in [6, 6.07) is 3.46. The molecule has 0 N–H and O–H groups in total. The van der Waals surface area contributed by atoms with E-state index in [2.05, 4.69) is 0 Å². The van der Waals surface area contributed by atoms with E-state index in [9.17, 15) is 9.59 Å². The Bertz CT molecular complexity index is 643. The molecule has 2 rings (SSSR count). The number of hydrogen-bond donors (Lipinski definition) is 0. The molecule has 0 saturated heterocycles. The van der Waals surface area contributed by atoms with Crippen LogP contribution in [0.2, 0.25) is 5.02 Å². The van der Waals surface area contributed by atoms with Crippen molar-refractivity contribution in [2.75, 3.05) is 40.9 Å². The molecule has 0 aliphatic carbocycles. The molecule has 23 heavy (non-hydrogen) atoms. The number of rotatable bonds is 4. The molecule has 1 aromatic carbocycles. The van der Waals surface area contributed by atoms with Crippen molar-refractivity contribution in [3.8, 4) is 11.5 Å². The fourth-order valence-corrected chi connectivity index (χ4v) is 2.22. The highest BCUT2D eigenvalue weighted by Crippen LogP contribution is 2.38. The molecular formula is C16H19ClN2O4. The van der Waals surface area contributed by atoms with Crippen LogP contribution in [0.25, 0.3) is 6.08 Å². The van der Waals surface area contributed by atoms with Crippen molar-refractivity contribution >= 4 is 29.5 Å². The summed E-state index contributed by atoms with van der Waals surface area (Å²) in [5.41, 5.74) is 0.722. The van der Waals surface area contributed by atoms with Crippen LogP contribution in [0, 0.1) is 0 Å². The van der Waals surface area contributed by atoms with E-state index in [0.717, 1.165) is 5.56 Å². The van der Waals surface area contributed by atoms with Gasteiger partial charge in [0.25, 0.3) is 0 Å². The lowest BCUT2D eigenvalue weighted by Gasteiger charge is -2.20. The molecule has 1 aromatic rings. The summed E-state index contributed by atoms with van der Waals surface area (Å²) in [4.78, 5) is 26.4. The standard InChI is InChI=1S/C16H19ClN2O4/c1-18(2)15(21)10-19(3)14(20)5-4-11-8-12(17)16-13(9-11)22-6-7-23-16/h4-5,8-9H,6-7,10H2,1-3H3/b5-4+. The summed E-state index contributed by atoms with van der Waals surface area (Å²) in [7, 11) is 4.87. The fraction of sp³-hybridized carbons (Fsp3) is 0.375. The molecule has 0 saturated carbocycles. The van der Waals surface area contributed by atoms with Gasteiger partial charge in [0, 0.05) is 27.2 Å². The van der Waals surface area contributed by atoms with Crippen molar-refractivity contribution in [1.82, 2.24) is 9.80 Å². The van der Waals surface area contributed by atoms with Crippen molar-refractivity contribution < 1.29 is 19.1 Å². The first-order valence-corrected chi connectivity index (χ1v) is 7.48. The van der Waals surface area contributed by atoms with Gasteiger partial charge in [0.15, 0.2) is 11.5 Å². The Morgan fingerprint density at radius 1 is 1.22 bits per heavy atom. The van der Waals surface area contributed by atoms with Crippen LogP contribution < -0.4 is 9.47 Å². The monoisotopic (exact) mass is 338 g/mol. The van der Waals surface area contributed by atoms with Gasteiger partial charge in [-0.25, -0.2) is 0 Å². The van der Waals surface area contributed by atoms with Gasteiger partial charge < -0.3 is 19.3 Å². The highest BCUT2D eigenvalue weighted by atomic mass is 35.5. The zero-order valence-electron chi connectivity index (χ0n) is 13.3. The smallest absolute Gasteiger partial charge is 0.246 e. The third kappa shape index (κ3) is 4.39. The maximum Gasteiger partial charge on any atom is 0.246 e. The molecule has 124 valence electrons. The molecule has 6 nitrogen and oxygen atoms in total. The van der Waals surface area contributed by atoms with Gasteiger partial charge in [-0.1, -0.05) is 11.6 Å². The first-order valence-electron chi connectivity index (χ1n) is 7.11. The maximum atomic E-state index is 12.0. The normalized spacial score (nSPS) is 13.0. The van der Waals surface area contributed by atoms with Crippen LogP contribution in [0.15, 0.2) is 18.2 Å². The van der Waals surface area contributed by atoms with E-state index in [1.807, 2.05) is 0 Å². The highest BCUT2D eigenvalue weighted by molar-refractivity contribution is 6.32. The fourth-order valence-electron chi connectivity index (χ4n) is 1.94. The number of amides is 2. The number of carbonyl (C=O) groups excluding carboxylic acids is 2. The number of benzene rings is 1. The van der Waals surface area contributed by atoms with Gasteiger partial charge in [0.1, 0.15) is 13.2 Å². The molecule has 0 atom stereocenters. The van der Waals surface area contributed by atoms with Gasteiger partial charge >= 0.3 is 0 Å². The second kappa shape index (κ2) is 7.37. The molecule has 0 radical (unpaired) electrons. The second-order valence-electron chi connectivity index (χ2n) is 5.34. The third-order valence-corrected chi connectivity index (χ3v) is 3.57. The number of carbonyl (C=O) groups is 2. The summed E-state index contributed by atoms with van der Waals surface area (Å²) in [5.74, 6) is 0.671. The minimum absolute atomic E-state index is 0.0259. The van der Waals surface area contributed by atoms with Crippen LogP contribution in [0.5, 0.6) is 11.5 Å². The van der Waals surface area contributed by atoms with E-state index in [-0.39, 0.29) is 18.4 Å². The van der Waals surface area contributed by atoms with E-state index in [0.29, 0.717) is 29.7 Å². The van der Waals surface area contributed by atoms with Gasteiger partial charge in [0.05, 0.1) is 11.6 Å². The number of halogens is 1. The van der Waals surface area contributed by atoms with Crippen LogP contribution in [-0.4, -0.2) is 62.5 Å². The highest BCUT2D eigenvalue weighted by Gasteiger charge is 2.16. The Hall–Kier alpha value is -2.21. The SMILES string of the molecule is CN(C)C(=O)CN(C)C(=O)/C=C/c1cc(Cl)c2c(c1)OCCO2. The van der Waals surface area contributed by atoms with Crippen molar-refractivity contribution in [1.29, 1.82) is 0 Å². The Balaban J connectivity index is 2.06. The number of likely N-dealkylation sites (N-methyl/N-ethyl adjacent to an activating group) is 2. The lowest BCUT2D eigenvalue weighted by molar-refractivity contribution is -0.135. The number of hydrogen-bond acceptors (Lipinski definition) is 4. The average Bonchev–Trinajstić information content (AvgIpc) is 2.52. The molecular weight excluding hydrogens is 320 g/mol. The maximum absolute atomic E-state index is 12.0. The predicted octanol–water partition coefficient (Wildman–Crippen LogP) is 1.67. The Labute approximate surface area is 140 Å². The topological polar surface area (TPSA) is 59.1 Å². The quantitative estimate of drug-likeness (QED) is 0.784. The molecule has 2 amide bonds. The first kappa shape index (κ1) is 17.1. The van der Waals surface area contributed by atoms with E-state index in [4.69, 9.17) is 21.1 Å². The van der Waals surface area contributed by atoms with E-state index in [1.54, 1.807) is 39.4 Å². The first-order chi connectivity index (χ1) is 10.9. The Kier molecular flexibility index (Phi) is 5.50. The molecule has 0 unspecified atom stereocenters. The summed E-state index contributed by atoms with van der Waals surface area (Å²) in [6.45, 7) is 0.952. The van der Waals surface area contributed by atoms with Gasteiger partial charge in [-0.15, -0.1) is 0 Å². The van der Waals surface area contributed by atoms with Gasteiger partial charge in [-0.05, 0) is 23.8 Å². The molecule has 1 heterocycles. The minimum atomic E-state index is -0.272. The minimum Gasteiger partial charge on any atom is -0.486 e. The lowest BCUT2D eigenvalue weighted by atomic mass is 10.1. The van der Waals surface area contributed by atoms with Crippen molar-refractivity contribution in [3.05, 3.63) is 28.8 Å². The van der Waals surface area contributed by atoms with Crippen LogP contribution in [-0.2, 0) is 9.59 Å². The van der Waals surface area contributed by atoms with Gasteiger partial charge in [0.2, 0.25) is 11.8 Å². The number of ether oxygens (including phenoxy) is 2. The molecule has 1 aliphatic heterocycles. The van der Waals surface area contributed by atoms with Crippen LogP contribution in [0.3, 0.4) is 0 Å². The molecule has 7 heteroatoms. The largest absolute Gasteiger partial charge is 0.486 e. The summed E-state index contributed by atoms with van der Waals surface area (Å²) in [5, 5.41) is 0.436. The third-order valence-electron chi connectivity index (χ3n) is 3.28. The molecule has 0 spiro atoms. The number of fused-ring (bicyclic) bond motifs is 1. The van der Waals surface area contributed by atoms with Gasteiger partial charge in [-0.2, -0.15) is 0 Å². The van der Waals surface area contributed by atoms with E-state index < -0.39 is 0 Å². The van der Waals surface area contributed by atoms with Crippen molar-refractivity contribution in [2.24, 2.45) is 0 Å². The lowest BCUT2D eigenvalue weighted by Crippen LogP contribution is -2.36. The average molecular weight is 339 g/mol. The Morgan fingerprint density at radius 3 is 2.61 bits per heavy atom. The van der Waals surface area contributed by atoms with Crippen LogP contribution >= 0.6 is 11.6 Å².